The molecule has 2 aromatic carbocycles. The van der Waals surface area contributed by atoms with E-state index in [0.29, 0.717) is 23.6 Å². The molecule has 132 valence electrons. The molecule has 6 heteroatoms. The van der Waals surface area contributed by atoms with E-state index in [-0.39, 0.29) is 16.1 Å². The number of fused-ring (bicyclic) bond motifs is 1. The third-order valence-electron chi connectivity index (χ3n) is 4.69. The average Bonchev–Trinajstić information content (AvgIpc) is 3.07. The van der Waals surface area contributed by atoms with Crippen LogP contribution < -0.4 is 9.22 Å². The number of nitrogens with zero attached hydrogens (tertiary/aromatic N) is 3. The number of hydrogen-bond donors (Lipinski definition) is 0. The van der Waals surface area contributed by atoms with E-state index in [1.165, 1.54) is 25.3 Å². The molecule has 0 saturated carbocycles. The Morgan fingerprint density at radius 1 is 1.12 bits per heavy atom. The van der Waals surface area contributed by atoms with Gasteiger partial charge in [0, 0.05) is 30.0 Å². The van der Waals surface area contributed by atoms with E-state index in [9.17, 15) is 8.78 Å². The van der Waals surface area contributed by atoms with E-state index < -0.39 is 0 Å². The number of hydrogen-bond acceptors (Lipinski definition) is 2. The molecule has 1 unspecified atom stereocenters. The van der Waals surface area contributed by atoms with Crippen molar-refractivity contribution in [3.8, 4) is 17.0 Å². The Morgan fingerprint density at radius 2 is 1.88 bits per heavy atom. The molecule has 26 heavy (non-hydrogen) atoms. The Balaban J connectivity index is 1.81. The Hall–Kier alpha value is -2.99. The van der Waals surface area contributed by atoms with Crippen LogP contribution in [0.5, 0.6) is 5.75 Å². The molecule has 3 aromatic rings. The number of benzene rings is 2. The quantitative estimate of drug-likeness (QED) is 0.641. The van der Waals surface area contributed by atoms with Crippen LogP contribution in [0.3, 0.4) is 0 Å². The molecule has 4 rings (SSSR count). The minimum atomic E-state index is -0.385. The maximum Gasteiger partial charge on any atom is 0.319 e. The zero-order valence-corrected chi connectivity index (χ0v) is 14.5. The predicted molar refractivity (Wildman–Crippen MR) is 97.1 cm³/mol. The summed E-state index contributed by atoms with van der Waals surface area (Å²) >= 11 is 0. The Labute approximate surface area is 150 Å². The van der Waals surface area contributed by atoms with Gasteiger partial charge >= 0.3 is 5.95 Å². The average molecular weight is 354 g/mol. The zero-order chi connectivity index (χ0) is 18.3. The first-order valence-corrected chi connectivity index (χ1v) is 8.23. The number of aromatic nitrogens is 2. The smallest absolute Gasteiger partial charge is 0.319 e. The molecule has 1 aromatic heterocycles. The van der Waals surface area contributed by atoms with Gasteiger partial charge in [-0.2, -0.15) is 4.98 Å². The zero-order valence-electron chi connectivity index (χ0n) is 14.5. The number of halogens is 2. The molecule has 0 aliphatic carbocycles. The molecule has 0 radical (unpaired) electrons. The van der Waals surface area contributed by atoms with Crippen LogP contribution in [-0.2, 0) is 6.54 Å². The van der Waals surface area contributed by atoms with Gasteiger partial charge in [0.15, 0.2) is 0 Å². The summed E-state index contributed by atoms with van der Waals surface area (Å²) in [6, 6.07) is 11.0. The summed E-state index contributed by atoms with van der Waals surface area (Å²) in [5.74, 6) is 0.530. The van der Waals surface area contributed by atoms with E-state index in [1.807, 2.05) is 30.1 Å². The molecular weight excluding hydrogens is 336 g/mol. The van der Waals surface area contributed by atoms with Gasteiger partial charge in [-0.3, -0.25) is 4.57 Å². The maximum atomic E-state index is 14.5. The van der Waals surface area contributed by atoms with Crippen LogP contribution in [0.15, 0.2) is 60.9 Å². The summed E-state index contributed by atoms with van der Waals surface area (Å²) in [4.78, 5) is 4.70. The summed E-state index contributed by atoms with van der Waals surface area (Å²) in [6.07, 6.45) is 5.86. The Morgan fingerprint density at radius 3 is 2.58 bits per heavy atom. The first kappa shape index (κ1) is 16.5. The number of ether oxygens (including phenoxy) is 1. The van der Waals surface area contributed by atoms with Crippen molar-refractivity contribution in [2.24, 2.45) is 0 Å². The van der Waals surface area contributed by atoms with Gasteiger partial charge in [-0.15, -0.1) is 0 Å². The summed E-state index contributed by atoms with van der Waals surface area (Å²) in [5.41, 5.74) is 1.84. The van der Waals surface area contributed by atoms with Gasteiger partial charge in [-0.25, -0.2) is 13.3 Å². The summed E-state index contributed by atoms with van der Waals surface area (Å²) < 4.78 is 35.1. The second-order valence-electron chi connectivity index (χ2n) is 6.36. The topological polar surface area (TPSA) is 27.1 Å². The number of rotatable bonds is 3. The fourth-order valence-corrected chi connectivity index (χ4v) is 3.26. The van der Waals surface area contributed by atoms with E-state index in [1.54, 1.807) is 24.3 Å². The molecule has 0 fully saturated rings. The van der Waals surface area contributed by atoms with Gasteiger partial charge in [-0.05, 0) is 30.3 Å². The van der Waals surface area contributed by atoms with Crippen LogP contribution >= 0.6 is 0 Å². The highest BCUT2D eigenvalue weighted by atomic mass is 19.1. The number of allylic oxidation sites excluding steroid dienone is 1. The molecule has 0 spiro atoms. The van der Waals surface area contributed by atoms with Crippen molar-refractivity contribution in [2.75, 3.05) is 14.2 Å². The molecule has 0 bridgehead atoms. The van der Waals surface area contributed by atoms with Gasteiger partial charge in [0.2, 0.25) is 0 Å². The lowest BCUT2D eigenvalue weighted by Crippen LogP contribution is -2.38. The van der Waals surface area contributed by atoms with Crippen molar-refractivity contribution in [3.05, 3.63) is 72.6 Å². The van der Waals surface area contributed by atoms with Crippen LogP contribution in [0.2, 0.25) is 0 Å². The molecule has 4 nitrogen and oxygen atoms in total. The van der Waals surface area contributed by atoms with Crippen LogP contribution in [0.25, 0.3) is 11.3 Å². The molecule has 1 aliphatic rings. The first-order valence-electron chi connectivity index (χ1n) is 8.23. The molecule has 0 saturated heterocycles. The van der Waals surface area contributed by atoms with Crippen LogP contribution in [0, 0.1) is 11.6 Å². The SMILES string of the molecule is COc1ccc(-c2cn3c(n2)[N+](C)(c2ccc(F)cc2)C=CC3)c(F)c1. The normalized spacial score (nSPS) is 18.6. The second kappa shape index (κ2) is 6.07. The molecule has 0 amide bonds. The van der Waals surface area contributed by atoms with Crippen molar-refractivity contribution in [1.82, 2.24) is 14.0 Å². The lowest BCUT2D eigenvalue weighted by atomic mass is 10.1. The van der Waals surface area contributed by atoms with Crippen molar-refractivity contribution >= 4 is 11.6 Å². The van der Waals surface area contributed by atoms with Crippen LogP contribution in [0.4, 0.5) is 20.4 Å². The molecular formula is C20H18F2N3O+. The molecule has 1 aliphatic heterocycles. The minimum absolute atomic E-state index is 0.276. The number of imidazole rings is 1. The number of quaternary nitrogens is 1. The standard InChI is InChI=1S/C20H18F2N3O/c1-25(15-6-4-14(21)5-7-15)11-3-10-24-13-19(23-20(24)25)17-9-8-16(26-2)12-18(17)22/h3-9,11-13H,10H2,1-2H3/q+1. The maximum absolute atomic E-state index is 14.5. The van der Waals surface area contributed by atoms with E-state index in [0.717, 1.165) is 11.6 Å². The van der Waals surface area contributed by atoms with E-state index >= 15 is 0 Å². The summed E-state index contributed by atoms with van der Waals surface area (Å²) in [5, 5.41) is 0. The molecule has 2 heterocycles. The lowest BCUT2D eigenvalue weighted by Gasteiger charge is -2.30. The summed E-state index contributed by atoms with van der Waals surface area (Å²) in [7, 11) is 3.47. The van der Waals surface area contributed by atoms with Gasteiger partial charge in [0.1, 0.15) is 29.3 Å². The second-order valence-corrected chi connectivity index (χ2v) is 6.36. The third-order valence-corrected chi connectivity index (χ3v) is 4.69. The van der Waals surface area contributed by atoms with Crippen molar-refractivity contribution < 1.29 is 13.5 Å². The fourth-order valence-electron chi connectivity index (χ4n) is 3.26. The van der Waals surface area contributed by atoms with Gasteiger partial charge in [0.05, 0.1) is 26.4 Å². The lowest BCUT2D eigenvalue weighted by molar-refractivity contribution is 0.411. The minimum Gasteiger partial charge on any atom is -0.497 e. The van der Waals surface area contributed by atoms with Gasteiger partial charge < -0.3 is 4.74 Å². The first-order chi connectivity index (χ1) is 12.5. The Bertz CT molecular complexity index is 995. The van der Waals surface area contributed by atoms with Crippen molar-refractivity contribution in [2.45, 2.75) is 6.54 Å². The highest BCUT2D eigenvalue weighted by molar-refractivity contribution is 5.65. The monoisotopic (exact) mass is 354 g/mol. The molecule has 0 N–H and O–H groups in total. The van der Waals surface area contributed by atoms with Crippen LogP contribution in [-0.4, -0.2) is 23.7 Å². The third kappa shape index (κ3) is 2.59. The molecule has 1 atom stereocenters. The highest BCUT2D eigenvalue weighted by Crippen LogP contribution is 2.37. The van der Waals surface area contributed by atoms with Crippen LogP contribution in [0.1, 0.15) is 0 Å². The largest absolute Gasteiger partial charge is 0.497 e. The van der Waals surface area contributed by atoms with E-state index in [2.05, 4.69) is 0 Å². The predicted octanol–water partition coefficient (Wildman–Crippen LogP) is 4.63. The highest BCUT2D eigenvalue weighted by Gasteiger charge is 2.34. The Kier molecular flexibility index (Phi) is 3.85. The van der Waals surface area contributed by atoms with Crippen molar-refractivity contribution in [1.29, 1.82) is 0 Å². The van der Waals surface area contributed by atoms with Gasteiger partial charge in [0.25, 0.3) is 0 Å². The summed E-state index contributed by atoms with van der Waals surface area (Å²) in [6.45, 7) is 0.648. The van der Waals surface area contributed by atoms with Crippen molar-refractivity contribution in [3.63, 3.8) is 0 Å². The number of methoxy groups -OCH3 is 1. The van der Waals surface area contributed by atoms with E-state index in [4.69, 9.17) is 9.72 Å². The van der Waals surface area contributed by atoms with Gasteiger partial charge in [-0.1, -0.05) is 0 Å². The fraction of sp³-hybridized carbons (Fsp3) is 0.150.